The van der Waals surface area contributed by atoms with Crippen LogP contribution in [0.4, 0.5) is 0 Å². The Labute approximate surface area is 106 Å². The van der Waals surface area contributed by atoms with E-state index in [-0.39, 0.29) is 18.3 Å². The molecule has 3 N–H and O–H groups in total. The number of likely N-dealkylation sites (N-methyl/N-ethyl adjacent to an activating group) is 1. The van der Waals surface area contributed by atoms with E-state index in [1.165, 1.54) is 4.90 Å². The van der Waals surface area contributed by atoms with Gasteiger partial charge in [0.05, 0.1) is 12.0 Å². The minimum absolute atomic E-state index is 0.0281. The van der Waals surface area contributed by atoms with Crippen molar-refractivity contribution in [1.29, 1.82) is 0 Å². The number of carbonyl (C=O) groups is 1. The summed E-state index contributed by atoms with van der Waals surface area (Å²) in [6.45, 7) is 0.143. The molecule has 1 amide bonds. The molecule has 1 fully saturated rings. The zero-order chi connectivity index (χ0) is 13.2. The highest BCUT2D eigenvalue weighted by atomic mass is 16.4. The Morgan fingerprint density at radius 3 is 2.56 bits per heavy atom. The molecule has 0 radical (unpaired) electrons. The van der Waals surface area contributed by atoms with Crippen LogP contribution >= 0.6 is 0 Å². The van der Waals surface area contributed by atoms with Crippen LogP contribution < -0.4 is 5.73 Å². The van der Waals surface area contributed by atoms with E-state index < -0.39 is 5.41 Å². The lowest BCUT2D eigenvalue weighted by atomic mass is 9.94. The summed E-state index contributed by atoms with van der Waals surface area (Å²) >= 11 is 0. The number of hydrogen-bond acceptors (Lipinski definition) is 3. The Morgan fingerprint density at radius 1 is 1.44 bits per heavy atom. The number of hydrogen-bond donors (Lipinski definition) is 2. The molecule has 0 spiro atoms. The molecule has 1 aromatic rings. The van der Waals surface area contributed by atoms with Crippen molar-refractivity contribution in [2.24, 2.45) is 10.9 Å². The summed E-state index contributed by atoms with van der Waals surface area (Å²) < 4.78 is 0. The molecule has 0 heterocycles. The van der Waals surface area contributed by atoms with Gasteiger partial charge in [-0.1, -0.05) is 35.5 Å². The lowest BCUT2D eigenvalue weighted by molar-refractivity contribution is -0.132. The Kier molecular flexibility index (Phi) is 3.23. The van der Waals surface area contributed by atoms with Crippen LogP contribution in [0.15, 0.2) is 35.5 Å². The van der Waals surface area contributed by atoms with Gasteiger partial charge in [0.2, 0.25) is 5.91 Å². The van der Waals surface area contributed by atoms with Crippen LogP contribution in [-0.2, 0) is 10.2 Å². The predicted molar refractivity (Wildman–Crippen MR) is 68.4 cm³/mol. The largest absolute Gasteiger partial charge is 0.409 e. The fourth-order valence-corrected chi connectivity index (χ4v) is 2.22. The topological polar surface area (TPSA) is 78.9 Å². The molecule has 1 aliphatic carbocycles. The van der Waals surface area contributed by atoms with Gasteiger partial charge in [0, 0.05) is 7.05 Å². The summed E-state index contributed by atoms with van der Waals surface area (Å²) in [6, 6.07) is 9.76. The van der Waals surface area contributed by atoms with Gasteiger partial charge in [-0.15, -0.1) is 0 Å². The van der Waals surface area contributed by atoms with Gasteiger partial charge in [0.1, 0.15) is 0 Å². The van der Waals surface area contributed by atoms with E-state index >= 15 is 0 Å². The smallest absolute Gasteiger partial charge is 0.233 e. The predicted octanol–water partition coefficient (Wildman–Crippen LogP) is 0.923. The Hall–Kier alpha value is -2.04. The first-order valence-corrected chi connectivity index (χ1v) is 5.87. The van der Waals surface area contributed by atoms with Crippen LogP contribution in [0, 0.1) is 0 Å². The van der Waals surface area contributed by atoms with Crippen molar-refractivity contribution in [3.05, 3.63) is 35.9 Å². The molecule has 1 aromatic carbocycles. The number of amides is 1. The third-order valence-corrected chi connectivity index (χ3v) is 3.36. The van der Waals surface area contributed by atoms with Crippen LogP contribution in [0.2, 0.25) is 0 Å². The van der Waals surface area contributed by atoms with Crippen molar-refractivity contribution in [3.8, 4) is 0 Å². The Morgan fingerprint density at radius 2 is 2.06 bits per heavy atom. The van der Waals surface area contributed by atoms with Gasteiger partial charge in [-0.05, 0) is 18.4 Å². The van der Waals surface area contributed by atoms with Crippen LogP contribution in [-0.4, -0.2) is 35.4 Å². The molecule has 0 bridgehead atoms. The van der Waals surface area contributed by atoms with Gasteiger partial charge in [0.15, 0.2) is 5.84 Å². The molecule has 0 atom stereocenters. The third-order valence-electron chi connectivity index (χ3n) is 3.36. The minimum Gasteiger partial charge on any atom is -0.409 e. The Balaban J connectivity index is 2.14. The first-order chi connectivity index (χ1) is 8.60. The number of nitrogens with two attached hydrogens (primary N) is 1. The minimum atomic E-state index is -0.397. The number of benzene rings is 1. The SMILES string of the molecule is CN(CC(N)=NO)C(=O)C1(c2ccccc2)CC1. The molecular formula is C13H17N3O2. The van der Waals surface area contributed by atoms with Crippen molar-refractivity contribution in [2.45, 2.75) is 18.3 Å². The van der Waals surface area contributed by atoms with Crippen molar-refractivity contribution >= 4 is 11.7 Å². The van der Waals surface area contributed by atoms with Gasteiger partial charge < -0.3 is 15.8 Å². The monoisotopic (exact) mass is 247 g/mol. The highest BCUT2D eigenvalue weighted by molar-refractivity contribution is 5.94. The molecule has 0 aliphatic heterocycles. The van der Waals surface area contributed by atoms with Crippen molar-refractivity contribution in [2.75, 3.05) is 13.6 Å². The summed E-state index contributed by atoms with van der Waals surface area (Å²) in [5.41, 5.74) is 6.07. The second-order valence-corrected chi connectivity index (χ2v) is 4.70. The maximum atomic E-state index is 12.4. The van der Waals surface area contributed by atoms with Gasteiger partial charge in [0.25, 0.3) is 0 Å². The Bertz CT molecular complexity index is 466. The molecule has 18 heavy (non-hydrogen) atoms. The van der Waals surface area contributed by atoms with E-state index in [9.17, 15) is 4.79 Å². The second-order valence-electron chi connectivity index (χ2n) is 4.70. The van der Waals surface area contributed by atoms with Crippen LogP contribution in [0.25, 0.3) is 0 Å². The van der Waals surface area contributed by atoms with Crippen molar-refractivity contribution in [1.82, 2.24) is 4.90 Å². The fourth-order valence-electron chi connectivity index (χ4n) is 2.22. The number of nitrogens with zero attached hydrogens (tertiary/aromatic N) is 2. The normalized spacial score (nSPS) is 17.3. The van der Waals surface area contributed by atoms with E-state index in [4.69, 9.17) is 10.9 Å². The molecule has 2 rings (SSSR count). The van der Waals surface area contributed by atoms with E-state index in [1.807, 2.05) is 30.3 Å². The van der Waals surface area contributed by atoms with Gasteiger partial charge >= 0.3 is 0 Å². The molecule has 96 valence electrons. The van der Waals surface area contributed by atoms with E-state index in [1.54, 1.807) is 7.05 Å². The molecule has 5 nitrogen and oxygen atoms in total. The zero-order valence-electron chi connectivity index (χ0n) is 10.3. The summed E-state index contributed by atoms with van der Waals surface area (Å²) in [4.78, 5) is 13.9. The number of carbonyl (C=O) groups excluding carboxylic acids is 1. The number of amidine groups is 1. The number of oxime groups is 1. The van der Waals surface area contributed by atoms with Crippen LogP contribution in [0.3, 0.4) is 0 Å². The lowest BCUT2D eigenvalue weighted by Gasteiger charge is -2.23. The van der Waals surface area contributed by atoms with Gasteiger partial charge in [-0.25, -0.2) is 0 Å². The lowest BCUT2D eigenvalue weighted by Crippen LogP contribution is -2.41. The summed E-state index contributed by atoms with van der Waals surface area (Å²) in [5.74, 6) is 0.0648. The van der Waals surface area contributed by atoms with E-state index in [2.05, 4.69) is 5.16 Å². The van der Waals surface area contributed by atoms with Crippen LogP contribution in [0.1, 0.15) is 18.4 Å². The number of rotatable bonds is 4. The van der Waals surface area contributed by atoms with E-state index in [0.717, 1.165) is 18.4 Å². The first-order valence-electron chi connectivity index (χ1n) is 5.87. The maximum absolute atomic E-state index is 12.4. The van der Waals surface area contributed by atoms with E-state index in [0.29, 0.717) is 0 Å². The highest BCUT2D eigenvalue weighted by Crippen LogP contribution is 2.49. The summed E-state index contributed by atoms with van der Waals surface area (Å²) in [5, 5.41) is 11.4. The molecule has 0 saturated heterocycles. The third kappa shape index (κ3) is 2.16. The summed E-state index contributed by atoms with van der Waals surface area (Å²) in [7, 11) is 1.67. The summed E-state index contributed by atoms with van der Waals surface area (Å²) in [6.07, 6.45) is 1.71. The van der Waals surface area contributed by atoms with Crippen molar-refractivity contribution < 1.29 is 10.0 Å². The van der Waals surface area contributed by atoms with Gasteiger partial charge in [-0.2, -0.15) is 0 Å². The fraction of sp³-hybridized carbons (Fsp3) is 0.385. The molecule has 1 saturated carbocycles. The average Bonchev–Trinajstić information content (AvgIpc) is 3.20. The highest BCUT2D eigenvalue weighted by Gasteiger charge is 2.52. The molecule has 0 unspecified atom stereocenters. The van der Waals surface area contributed by atoms with Gasteiger partial charge in [-0.3, -0.25) is 4.79 Å². The molecule has 1 aliphatic rings. The standard InChI is InChI=1S/C13H17N3O2/c1-16(9-11(14)15-18)12(17)13(7-8-13)10-5-3-2-4-6-10/h2-6,18H,7-9H2,1H3,(H2,14,15). The maximum Gasteiger partial charge on any atom is 0.233 e. The zero-order valence-corrected chi connectivity index (χ0v) is 10.3. The second kappa shape index (κ2) is 4.68. The first kappa shape index (κ1) is 12.4. The van der Waals surface area contributed by atoms with Crippen LogP contribution in [0.5, 0.6) is 0 Å². The molecule has 0 aromatic heterocycles. The molecular weight excluding hydrogens is 230 g/mol. The quantitative estimate of drug-likeness (QED) is 0.359. The van der Waals surface area contributed by atoms with Crippen molar-refractivity contribution in [3.63, 3.8) is 0 Å². The average molecular weight is 247 g/mol. The molecule has 5 heteroatoms.